The Morgan fingerprint density at radius 1 is 1.33 bits per heavy atom. The van der Waals surface area contributed by atoms with Crippen LogP contribution in [0.4, 0.5) is 13.2 Å². The van der Waals surface area contributed by atoms with E-state index in [-0.39, 0.29) is 5.54 Å². The molecule has 0 spiro atoms. The summed E-state index contributed by atoms with van der Waals surface area (Å²) in [6.45, 7) is 2.13. The molecule has 6 heteroatoms. The number of fused-ring (bicyclic) bond motifs is 1. The molecule has 2 aromatic rings. The van der Waals surface area contributed by atoms with Crippen LogP contribution in [0.25, 0.3) is 11.0 Å². The van der Waals surface area contributed by atoms with E-state index in [2.05, 4.69) is 16.5 Å². The zero-order chi connectivity index (χ0) is 15.3. The van der Waals surface area contributed by atoms with E-state index in [9.17, 15) is 13.2 Å². The Balaban J connectivity index is 2.18. The molecule has 21 heavy (non-hydrogen) atoms. The van der Waals surface area contributed by atoms with E-state index in [1.165, 1.54) is 6.07 Å². The minimum atomic E-state index is -4.34. The molecule has 0 atom stereocenters. The Morgan fingerprint density at radius 3 is 2.57 bits per heavy atom. The summed E-state index contributed by atoms with van der Waals surface area (Å²) in [7, 11) is 0. The molecule has 3 rings (SSSR count). The lowest BCUT2D eigenvalue weighted by molar-refractivity contribution is -0.137. The van der Waals surface area contributed by atoms with E-state index < -0.39 is 11.7 Å². The third-order valence-electron chi connectivity index (χ3n) is 4.34. The van der Waals surface area contributed by atoms with Gasteiger partial charge < -0.3 is 4.57 Å². The molecular weight excluding hydrogens is 301 g/mol. The van der Waals surface area contributed by atoms with Gasteiger partial charge in [0.25, 0.3) is 0 Å². The van der Waals surface area contributed by atoms with E-state index in [4.69, 9.17) is 11.6 Å². The van der Waals surface area contributed by atoms with Gasteiger partial charge in [-0.1, -0.05) is 0 Å². The molecule has 1 aliphatic carbocycles. The predicted molar refractivity (Wildman–Crippen MR) is 76.7 cm³/mol. The van der Waals surface area contributed by atoms with Crippen molar-refractivity contribution in [2.24, 2.45) is 0 Å². The van der Waals surface area contributed by atoms with Gasteiger partial charge in [0.15, 0.2) is 0 Å². The zero-order valence-corrected chi connectivity index (χ0v) is 12.4. The number of hydrogen-bond donors (Lipinski definition) is 0. The van der Waals surface area contributed by atoms with Crippen molar-refractivity contribution in [2.45, 2.75) is 44.3 Å². The van der Waals surface area contributed by atoms with Gasteiger partial charge in [-0.25, -0.2) is 4.98 Å². The summed E-state index contributed by atoms with van der Waals surface area (Å²) in [5.74, 6) is 1.19. The van der Waals surface area contributed by atoms with Gasteiger partial charge >= 0.3 is 6.18 Å². The van der Waals surface area contributed by atoms with Crippen molar-refractivity contribution in [2.75, 3.05) is 5.88 Å². The molecule has 0 amide bonds. The molecule has 0 saturated heterocycles. The molecule has 1 aromatic carbocycles. The highest BCUT2D eigenvalue weighted by Gasteiger charge is 2.37. The average molecular weight is 317 g/mol. The van der Waals surface area contributed by atoms with Crippen LogP contribution in [0.5, 0.6) is 0 Å². The van der Waals surface area contributed by atoms with E-state index in [1.54, 1.807) is 0 Å². The molecule has 0 bridgehead atoms. The molecular formula is C15H16ClF3N2. The highest BCUT2D eigenvalue weighted by Crippen LogP contribution is 2.42. The maximum absolute atomic E-state index is 12.8. The lowest BCUT2D eigenvalue weighted by atomic mass is 9.78. The first-order valence-corrected chi connectivity index (χ1v) is 7.54. The number of nitrogens with zero attached hydrogens (tertiary/aromatic N) is 2. The summed E-state index contributed by atoms with van der Waals surface area (Å²) < 4.78 is 40.6. The highest BCUT2D eigenvalue weighted by molar-refractivity contribution is 6.17. The molecule has 1 aliphatic rings. The second-order valence-electron chi connectivity index (χ2n) is 5.85. The Kier molecular flexibility index (Phi) is 3.43. The molecule has 0 unspecified atom stereocenters. The second kappa shape index (κ2) is 4.90. The van der Waals surface area contributed by atoms with Gasteiger partial charge in [-0.15, -0.1) is 11.6 Å². The van der Waals surface area contributed by atoms with Crippen LogP contribution in [-0.2, 0) is 18.1 Å². The third-order valence-corrected chi connectivity index (χ3v) is 4.53. The molecule has 2 nitrogen and oxygen atoms in total. The van der Waals surface area contributed by atoms with Crippen molar-refractivity contribution in [1.29, 1.82) is 0 Å². The summed E-state index contributed by atoms with van der Waals surface area (Å²) in [6.07, 6.45) is -0.598. The summed E-state index contributed by atoms with van der Waals surface area (Å²) in [4.78, 5) is 4.40. The Bertz CT molecular complexity index is 671. The number of halogens is 4. The largest absolute Gasteiger partial charge is 0.416 e. The van der Waals surface area contributed by atoms with E-state index in [1.807, 2.05) is 0 Å². The fraction of sp³-hybridized carbons (Fsp3) is 0.533. The molecule has 1 aromatic heterocycles. The summed E-state index contributed by atoms with van der Waals surface area (Å²) >= 11 is 5.82. The number of benzene rings is 1. The topological polar surface area (TPSA) is 17.8 Å². The van der Waals surface area contributed by atoms with E-state index in [0.29, 0.717) is 17.8 Å². The van der Waals surface area contributed by atoms with Crippen molar-refractivity contribution in [3.63, 3.8) is 0 Å². The fourth-order valence-corrected chi connectivity index (χ4v) is 3.24. The standard InChI is InChI=1S/C15H16ClF3N2/c1-14(6-2-7-14)21-12-4-3-10(15(17,18)19)9-11(12)20-13(21)5-8-16/h3-4,9H,2,5-8H2,1H3. The van der Waals surface area contributed by atoms with Crippen LogP contribution in [-0.4, -0.2) is 15.4 Å². The van der Waals surface area contributed by atoms with Crippen molar-refractivity contribution in [1.82, 2.24) is 9.55 Å². The molecule has 1 saturated carbocycles. The van der Waals surface area contributed by atoms with Crippen LogP contribution in [0, 0.1) is 0 Å². The number of alkyl halides is 4. The maximum Gasteiger partial charge on any atom is 0.416 e. The molecule has 1 heterocycles. The van der Waals surface area contributed by atoms with Crippen molar-refractivity contribution in [3.8, 4) is 0 Å². The van der Waals surface area contributed by atoms with Crippen LogP contribution in [0.15, 0.2) is 18.2 Å². The molecule has 0 N–H and O–H groups in total. The number of imidazole rings is 1. The van der Waals surface area contributed by atoms with Crippen LogP contribution in [0.3, 0.4) is 0 Å². The predicted octanol–water partition coefficient (Wildman–Crippen LogP) is 4.74. The fourth-order valence-electron chi connectivity index (χ4n) is 3.07. The summed E-state index contributed by atoms with van der Waals surface area (Å²) in [6, 6.07) is 3.80. The molecule has 114 valence electrons. The first kappa shape index (κ1) is 14.7. The van der Waals surface area contributed by atoms with Gasteiger partial charge in [-0.05, 0) is 44.4 Å². The van der Waals surface area contributed by atoms with Crippen LogP contribution >= 0.6 is 11.6 Å². The second-order valence-corrected chi connectivity index (χ2v) is 6.23. The van der Waals surface area contributed by atoms with E-state index >= 15 is 0 Å². The average Bonchev–Trinajstić information content (AvgIpc) is 2.72. The number of hydrogen-bond acceptors (Lipinski definition) is 1. The SMILES string of the molecule is CC1(n2c(CCCl)nc3cc(C(F)(F)F)ccc32)CCC1. The first-order chi connectivity index (χ1) is 9.85. The number of aryl methyl sites for hydroxylation is 1. The van der Waals surface area contributed by atoms with Crippen LogP contribution in [0.1, 0.15) is 37.6 Å². The van der Waals surface area contributed by atoms with Gasteiger partial charge in [0.1, 0.15) is 5.82 Å². The Hall–Kier alpha value is -1.23. The monoisotopic (exact) mass is 316 g/mol. The van der Waals surface area contributed by atoms with Crippen molar-refractivity contribution in [3.05, 3.63) is 29.6 Å². The van der Waals surface area contributed by atoms with Gasteiger partial charge in [0.05, 0.1) is 16.6 Å². The smallest absolute Gasteiger partial charge is 0.322 e. The molecule has 0 aliphatic heterocycles. The van der Waals surface area contributed by atoms with Gasteiger partial charge in [0.2, 0.25) is 0 Å². The lowest BCUT2D eigenvalue weighted by Crippen LogP contribution is -2.38. The van der Waals surface area contributed by atoms with Gasteiger partial charge in [0, 0.05) is 17.8 Å². The van der Waals surface area contributed by atoms with Crippen LogP contribution in [0.2, 0.25) is 0 Å². The summed E-state index contributed by atoms with van der Waals surface area (Å²) in [5, 5.41) is 0. The van der Waals surface area contributed by atoms with Crippen LogP contribution < -0.4 is 0 Å². The lowest BCUT2D eigenvalue weighted by Gasteiger charge is -2.41. The normalized spacial score (nSPS) is 18.0. The summed E-state index contributed by atoms with van der Waals surface area (Å²) in [5.41, 5.74) is 0.467. The molecule has 0 radical (unpaired) electrons. The number of rotatable bonds is 3. The number of aromatic nitrogens is 2. The maximum atomic E-state index is 12.8. The van der Waals surface area contributed by atoms with Crippen molar-refractivity contribution >= 4 is 22.6 Å². The van der Waals surface area contributed by atoms with Crippen molar-refractivity contribution < 1.29 is 13.2 Å². The first-order valence-electron chi connectivity index (χ1n) is 7.00. The quantitative estimate of drug-likeness (QED) is 0.748. The Labute approximate surface area is 125 Å². The highest BCUT2D eigenvalue weighted by atomic mass is 35.5. The third kappa shape index (κ3) is 2.41. The van der Waals surface area contributed by atoms with Gasteiger partial charge in [-0.2, -0.15) is 13.2 Å². The zero-order valence-electron chi connectivity index (χ0n) is 11.7. The Morgan fingerprint density at radius 2 is 2.05 bits per heavy atom. The van der Waals surface area contributed by atoms with E-state index in [0.717, 1.165) is 42.7 Å². The van der Waals surface area contributed by atoms with Gasteiger partial charge in [-0.3, -0.25) is 0 Å². The minimum absolute atomic E-state index is 0.0457. The minimum Gasteiger partial charge on any atom is -0.322 e. The molecule has 1 fully saturated rings.